The van der Waals surface area contributed by atoms with E-state index in [1.165, 1.54) is 5.56 Å². The average Bonchev–Trinajstić information content (AvgIpc) is 3.46. The number of pyridine rings is 1. The van der Waals surface area contributed by atoms with Crippen molar-refractivity contribution in [1.82, 2.24) is 24.6 Å². The molecule has 0 aliphatic carbocycles. The summed E-state index contributed by atoms with van der Waals surface area (Å²) in [5.74, 6) is 0. The van der Waals surface area contributed by atoms with Crippen LogP contribution in [0.25, 0.3) is 44.7 Å². The van der Waals surface area contributed by atoms with Gasteiger partial charge in [0.05, 0.1) is 5.69 Å². The van der Waals surface area contributed by atoms with Crippen LogP contribution in [0.3, 0.4) is 0 Å². The molecule has 6 heteroatoms. The lowest BCUT2D eigenvalue weighted by Gasteiger charge is -2.11. The van der Waals surface area contributed by atoms with Gasteiger partial charge in [0.1, 0.15) is 11.3 Å². The molecule has 3 heterocycles. The van der Waals surface area contributed by atoms with Gasteiger partial charge in [-0.05, 0) is 56.4 Å². The number of hydrogen-bond acceptors (Lipinski definition) is 4. The maximum Gasteiger partial charge on any atom is 0.138 e. The number of nitrogens with two attached hydrogens (primary N) is 1. The Balaban J connectivity index is 1.66. The zero-order chi connectivity index (χ0) is 22.9. The summed E-state index contributed by atoms with van der Waals surface area (Å²) in [6, 6.07) is 20.8. The molecule has 0 amide bonds. The van der Waals surface area contributed by atoms with E-state index in [0.717, 1.165) is 63.5 Å². The van der Waals surface area contributed by atoms with E-state index in [-0.39, 0.29) is 0 Å². The van der Waals surface area contributed by atoms with Gasteiger partial charge in [-0.25, -0.2) is 4.98 Å². The highest BCUT2D eigenvalue weighted by Crippen LogP contribution is 2.37. The SMILES string of the molecule is CCn1cc(-c2cc(-c3ccc(CN(C)C)cc3)nc3[nH]ccc23)c(-c2ccc(N)cc2)n1. The van der Waals surface area contributed by atoms with Gasteiger partial charge in [0.25, 0.3) is 0 Å². The minimum atomic E-state index is 0.743. The van der Waals surface area contributed by atoms with Gasteiger partial charge in [-0.15, -0.1) is 0 Å². The summed E-state index contributed by atoms with van der Waals surface area (Å²) in [5.41, 5.74) is 15.0. The number of aromatic nitrogens is 4. The quantitative estimate of drug-likeness (QED) is 0.348. The molecule has 166 valence electrons. The molecule has 6 nitrogen and oxygen atoms in total. The highest BCUT2D eigenvalue weighted by molar-refractivity contribution is 5.98. The topological polar surface area (TPSA) is 75.8 Å². The second-order valence-electron chi connectivity index (χ2n) is 8.60. The molecule has 0 unspecified atom stereocenters. The first-order chi connectivity index (χ1) is 16.0. The summed E-state index contributed by atoms with van der Waals surface area (Å²) in [6.45, 7) is 3.81. The van der Waals surface area contributed by atoms with Crippen LogP contribution in [-0.4, -0.2) is 38.7 Å². The predicted octanol–water partition coefficient (Wildman–Crippen LogP) is 5.42. The summed E-state index contributed by atoms with van der Waals surface area (Å²) >= 11 is 0. The van der Waals surface area contributed by atoms with E-state index in [9.17, 15) is 0 Å². The Kier molecular flexibility index (Phi) is 5.44. The van der Waals surface area contributed by atoms with E-state index >= 15 is 0 Å². The fourth-order valence-corrected chi connectivity index (χ4v) is 4.19. The molecule has 5 rings (SSSR count). The Bertz CT molecular complexity index is 1390. The molecule has 0 fully saturated rings. The van der Waals surface area contributed by atoms with Gasteiger partial charge in [-0.1, -0.05) is 36.4 Å². The van der Waals surface area contributed by atoms with Crippen LogP contribution in [0.15, 0.2) is 73.1 Å². The van der Waals surface area contributed by atoms with Crippen LogP contribution in [-0.2, 0) is 13.1 Å². The van der Waals surface area contributed by atoms with E-state index in [4.69, 9.17) is 15.8 Å². The Morgan fingerprint density at radius 3 is 2.36 bits per heavy atom. The molecule has 0 aliphatic heterocycles. The largest absolute Gasteiger partial charge is 0.399 e. The van der Waals surface area contributed by atoms with Crippen LogP contribution in [0.5, 0.6) is 0 Å². The first-order valence-corrected chi connectivity index (χ1v) is 11.2. The molecule has 0 aliphatic rings. The number of nitrogen functional groups attached to an aromatic ring is 1. The molecule has 3 N–H and O–H groups in total. The summed E-state index contributed by atoms with van der Waals surface area (Å²) in [7, 11) is 4.16. The molecule has 2 aromatic carbocycles. The van der Waals surface area contributed by atoms with Crippen molar-refractivity contribution in [3.05, 3.63) is 78.6 Å². The van der Waals surface area contributed by atoms with Crippen LogP contribution in [0.2, 0.25) is 0 Å². The molecule has 0 atom stereocenters. The van der Waals surface area contributed by atoms with Crippen molar-refractivity contribution in [2.24, 2.45) is 0 Å². The Morgan fingerprint density at radius 2 is 1.67 bits per heavy atom. The van der Waals surface area contributed by atoms with Crippen molar-refractivity contribution in [2.75, 3.05) is 19.8 Å². The minimum absolute atomic E-state index is 0.743. The second kappa shape index (κ2) is 8.56. The van der Waals surface area contributed by atoms with Crippen LogP contribution in [0.4, 0.5) is 5.69 Å². The predicted molar refractivity (Wildman–Crippen MR) is 136 cm³/mol. The summed E-state index contributed by atoms with van der Waals surface area (Å²) < 4.78 is 1.98. The Morgan fingerprint density at radius 1 is 0.939 bits per heavy atom. The lowest BCUT2D eigenvalue weighted by atomic mass is 9.97. The number of rotatable bonds is 6. The number of fused-ring (bicyclic) bond motifs is 1. The smallest absolute Gasteiger partial charge is 0.138 e. The Labute approximate surface area is 193 Å². The maximum absolute atomic E-state index is 5.93. The van der Waals surface area contributed by atoms with E-state index in [2.05, 4.69) is 73.5 Å². The molecule has 5 aromatic rings. The van der Waals surface area contributed by atoms with Gasteiger partial charge >= 0.3 is 0 Å². The minimum Gasteiger partial charge on any atom is -0.399 e. The Hall–Kier alpha value is -3.90. The van der Waals surface area contributed by atoms with Crippen LogP contribution in [0.1, 0.15) is 12.5 Å². The van der Waals surface area contributed by atoms with Crippen molar-refractivity contribution in [3.8, 4) is 33.6 Å². The monoisotopic (exact) mass is 436 g/mol. The first-order valence-electron chi connectivity index (χ1n) is 11.2. The standard InChI is InChI=1S/C27H28N6/c1-4-33-17-24(26(31-33)20-9-11-21(28)12-10-20)23-15-25(30-27-22(23)13-14-29-27)19-7-5-18(6-8-19)16-32(2)3/h5-15,17H,4,16,28H2,1-3H3,(H,29,30). The number of nitrogens with zero attached hydrogens (tertiary/aromatic N) is 4. The third-order valence-electron chi connectivity index (χ3n) is 5.84. The van der Waals surface area contributed by atoms with Crippen molar-refractivity contribution in [1.29, 1.82) is 0 Å². The summed E-state index contributed by atoms with van der Waals surface area (Å²) in [6.07, 6.45) is 4.07. The summed E-state index contributed by atoms with van der Waals surface area (Å²) in [4.78, 5) is 10.4. The van der Waals surface area contributed by atoms with Gasteiger partial charge < -0.3 is 15.6 Å². The van der Waals surface area contributed by atoms with Gasteiger partial charge in [0, 0.05) is 53.2 Å². The lowest BCUT2D eigenvalue weighted by molar-refractivity contribution is 0.402. The number of anilines is 1. The lowest BCUT2D eigenvalue weighted by Crippen LogP contribution is -2.10. The highest BCUT2D eigenvalue weighted by Gasteiger charge is 2.18. The number of hydrogen-bond donors (Lipinski definition) is 2. The average molecular weight is 437 g/mol. The van der Waals surface area contributed by atoms with Crippen molar-refractivity contribution >= 4 is 16.7 Å². The number of aryl methyl sites for hydroxylation is 1. The van der Waals surface area contributed by atoms with Crippen molar-refractivity contribution in [3.63, 3.8) is 0 Å². The van der Waals surface area contributed by atoms with Gasteiger partial charge in [0.15, 0.2) is 0 Å². The molecule has 3 aromatic heterocycles. The highest BCUT2D eigenvalue weighted by atomic mass is 15.3. The van der Waals surface area contributed by atoms with E-state index in [0.29, 0.717) is 0 Å². The zero-order valence-electron chi connectivity index (χ0n) is 19.2. The fourth-order valence-electron chi connectivity index (χ4n) is 4.19. The maximum atomic E-state index is 5.93. The number of benzene rings is 2. The number of aromatic amines is 1. The van der Waals surface area contributed by atoms with Crippen LogP contribution < -0.4 is 5.73 Å². The molecule has 33 heavy (non-hydrogen) atoms. The van der Waals surface area contributed by atoms with Gasteiger partial charge in [0.2, 0.25) is 0 Å². The summed E-state index contributed by atoms with van der Waals surface area (Å²) in [5, 5.41) is 5.96. The molecule has 0 radical (unpaired) electrons. The molecular formula is C27H28N6. The third-order valence-corrected chi connectivity index (χ3v) is 5.84. The molecule has 0 saturated heterocycles. The molecule has 0 spiro atoms. The van der Waals surface area contributed by atoms with E-state index in [1.54, 1.807) is 0 Å². The van der Waals surface area contributed by atoms with E-state index < -0.39 is 0 Å². The zero-order valence-corrected chi connectivity index (χ0v) is 19.2. The molecule has 0 bridgehead atoms. The fraction of sp³-hybridized carbons (Fsp3) is 0.185. The number of nitrogens with one attached hydrogen (secondary N) is 1. The number of H-pyrrole nitrogens is 1. The van der Waals surface area contributed by atoms with Crippen LogP contribution >= 0.6 is 0 Å². The van der Waals surface area contributed by atoms with Crippen LogP contribution in [0, 0.1) is 0 Å². The molecule has 0 saturated carbocycles. The van der Waals surface area contributed by atoms with Gasteiger partial charge in [-0.3, -0.25) is 4.68 Å². The second-order valence-corrected chi connectivity index (χ2v) is 8.60. The first kappa shape index (κ1) is 21.0. The molecular weight excluding hydrogens is 408 g/mol. The normalized spacial score (nSPS) is 11.5. The third kappa shape index (κ3) is 4.13. The van der Waals surface area contributed by atoms with E-state index in [1.807, 2.05) is 35.1 Å². The van der Waals surface area contributed by atoms with Crippen molar-refractivity contribution in [2.45, 2.75) is 20.0 Å². The van der Waals surface area contributed by atoms with Gasteiger partial charge in [-0.2, -0.15) is 5.10 Å². The van der Waals surface area contributed by atoms with Crippen molar-refractivity contribution < 1.29 is 0 Å².